The van der Waals surface area contributed by atoms with E-state index in [1.54, 1.807) is 0 Å². The lowest BCUT2D eigenvalue weighted by atomic mass is 10.2. The predicted octanol–water partition coefficient (Wildman–Crippen LogP) is 1.81. The van der Waals surface area contributed by atoms with Gasteiger partial charge in [-0.1, -0.05) is 0 Å². The molecule has 1 heterocycles. The maximum Gasteiger partial charge on any atom is 0.163 e. The number of nitrogens with zero attached hydrogens (tertiary/aromatic N) is 2. The van der Waals surface area contributed by atoms with Gasteiger partial charge in [-0.25, -0.2) is 0 Å². The van der Waals surface area contributed by atoms with Gasteiger partial charge in [0.1, 0.15) is 13.2 Å². The van der Waals surface area contributed by atoms with Crippen molar-refractivity contribution in [3.05, 3.63) is 18.2 Å². The van der Waals surface area contributed by atoms with Gasteiger partial charge in [-0.2, -0.15) is 5.26 Å². The topological polar surface area (TPSA) is 45.5 Å². The summed E-state index contributed by atoms with van der Waals surface area (Å²) in [6.45, 7) is 1.92. The summed E-state index contributed by atoms with van der Waals surface area (Å²) in [5.74, 6) is 1.58. The van der Waals surface area contributed by atoms with Crippen molar-refractivity contribution in [1.82, 2.24) is 0 Å². The summed E-state index contributed by atoms with van der Waals surface area (Å²) in [7, 11) is 1.96. The van der Waals surface area contributed by atoms with E-state index in [2.05, 4.69) is 6.07 Å². The van der Waals surface area contributed by atoms with Gasteiger partial charge in [0, 0.05) is 25.3 Å². The van der Waals surface area contributed by atoms with Crippen LogP contribution in [0.25, 0.3) is 0 Å². The monoisotopic (exact) mass is 218 g/mol. The summed E-state index contributed by atoms with van der Waals surface area (Å²) < 4.78 is 10.9. The van der Waals surface area contributed by atoms with Gasteiger partial charge in [-0.3, -0.25) is 0 Å². The molecule has 0 amide bonds. The molecule has 0 bridgehead atoms. The van der Waals surface area contributed by atoms with Crippen LogP contribution in [0.5, 0.6) is 11.5 Å². The van der Waals surface area contributed by atoms with Crippen molar-refractivity contribution < 1.29 is 9.47 Å². The molecule has 1 aromatic carbocycles. The Morgan fingerprint density at radius 3 is 2.81 bits per heavy atom. The number of benzene rings is 1. The van der Waals surface area contributed by atoms with Crippen LogP contribution in [0.15, 0.2) is 18.2 Å². The first-order valence-electron chi connectivity index (χ1n) is 5.29. The first-order chi connectivity index (χ1) is 7.81. The number of anilines is 1. The largest absolute Gasteiger partial charge is 0.486 e. The fourth-order valence-electron chi connectivity index (χ4n) is 1.62. The Bertz CT molecular complexity index is 412. The summed E-state index contributed by atoms with van der Waals surface area (Å²) in [5, 5.41) is 8.53. The molecule has 0 aliphatic carbocycles. The van der Waals surface area contributed by atoms with E-state index in [4.69, 9.17) is 14.7 Å². The number of hydrogen-bond acceptors (Lipinski definition) is 4. The highest BCUT2D eigenvalue weighted by Gasteiger charge is 2.12. The first kappa shape index (κ1) is 10.6. The second-order valence-electron chi connectivity index (χ2n) is 3.66. The summed E-state index contributed by atoms with van der Waals surface area (Å²) in [6, 6.07) is 7.97. The Hall–Kier alpha value is -1.89. The second-order valence-corrected chi connectivity index (χ2v) is 3.66. The molecule has 2 rings (SSSR count). The average molecular weight is 218 g/mol. The van der Waals surface area contributed by atoms with Gasteiger partial charge in [0.15, 0.2) is 11.5 Å². The van der Waals surface area contributed by atoms with Crippen molar-refractivity contribution in [2.24, 2.45) is 0 Å². The zero-order valence-corrected chi connectivity index (χ0v) is 9.27. The Morgan fingerprint density at radius 1 is 1.31 bits per heavy atom. The van der Waals surface area contributed by atoms with E-state index >= 15 is 0 Å². The highest BCUT2D eigenvalue weighted by atomic mass is 16.6. The Kier molecular flexibility index (Phi) is 3.16. The lowest BCUT2D eigenvalue weighted by Crippen LogP contribution is -2.19. The van der Waals surface area contributed by atoms with Gasteiger partial charge >= 0.3 is 0 Å². The molecule has 1 aliphatic heterocycles. The van der Waals surface area contributed by atoms with Gasteiger partial charge in [-0.05, 0) is 12.1 Å². The maximum absolute atomic E-state index is 8.53. The maximum atomic E-state index is 8.53. The van der Waals surface area contributed by atoms with Crippen molar-refractivity contribution in [1.29, 1.82) is 5.26 Å². The molecule has 0 unspecified atom stereocenters. The fraction of sp³-hybridized carbons (Fsp3) is 0.417. The Balaban J connectivity index is 2.13. The van der Waals surface area contributed by atoms with Crippen LogP contribution < -0.4 is 14.4 Å². The predicted molar refractivity (Wildman–Crippen MR) is 60.9 cm³/mol. The van der Waals surface area contributed by atoms with E-state index in [1.807, 2.05) is 30.1 Å². The van der Waals surface area contributed by atoms with E-state index in [9.17, 15) is 0 Å². The van der Waals surface area contributed by atoms with Crippen molar-refractivity contribution in [2.45, 2.75) is 6.42 Å². The minimum absolute atomic E-state index is 0.519. The molecule has 0 spiro atoms. The Labute approximate surface area is 95.0 Å². The van der Waals surface area contributed by atoms with Crippen molar-refractivity contribution in [3.8, 4) is 17.6 Å². The molecule has 4 heteroatoms. The number of ether oxygens (including phenoxy) is 2. The van der Waals surface area contributed by atoms with Gasteiger partial charge in [-0.15, -0.1) is 0 Å². The molecule has 1 aliphatic rings. The molecule has 16 heavy (non-hydrogen) atoms. The van der Waals surface area contributed by atoms with Gasteiger partial charge in [0.25, 0.3) is 0 Å². The van der Waals surface area contributed by atoms with Crippen LogP contribution in [0.4, 0.5) is 5.69 Å². The molecule has 84 valence electrons. The Morgan fingerprint density at radius 2 is 2.06 bits per heavy atom. The third-order valence-electron chi connectivity index (χ3n) is 2.53. The van der Waals surface area contributed by atoms with Gasteiger partial charge < -0.3 is 14.4 Å². The lowest BCUT2D eigenvalue weighted by Gasteiger charge is -2.22. The normalized spacial score (nSPS) is 13.0. The van der Waals surface area contributed by atoms with E-state index in [0.717, 1.165) is 23.7 Å². The lowest BCUT2D eigenvalue weighted by molar-refractivity contribution is 0.171. The third kappa shape index (κ3) is 2.19. The summed E-state index contributed by atoms with van der Waals surface area (Å²) in [4.78, 5) is 2.03. The van der Waals surface area contributed by atoms with E-state index in [1.165, 1.54) is 0 Å². The zero-order valence-electron chi connectivity index (χ0n) is 9.27. The third-order valence-corrected chi connectivity index (χ3v) is 2.53. The smallest absolute Gasteiger partial charge is 0.163 e. The zero-order chi connectivity index (χ0) is 11.4. The highest BCUT2D eigenvalue weighted by molar-refractivity contribution is 5.56. The van der Waals surface area contributed by atoms with Crippen molar-refractivity contribution >= 4 is 5.69 Å². The molecule has 0 N–H and O–H groups in total. The van der Waals surface area contributed by atoms with Crippen LogP contribution in [0.3, 0.4) is 0 Å². The first-order valence-corrected chi connectivity index (χ1v) is 5.29. The standard InChI is InChI=1S/C12H14N2O2/c1-14(6-2-5-13)10-3-4-11-12(9-10)16-8-7-15-11/h3-4,9H,2,6-8H2,1H3. The van der Waals surface area contributed by atoms with E-state index in [0.29, 0.717) is 19.6 Å². The minimum Gasteiger partial charge on any atom is -0.486 e. The highest BCUT2D eigenvalue weighted by Crippen LogP contribution is 2.33. The quantitative estimate of drug-likeness (QED) is 0.776. The van der Waals surface area contributed by atoms with Crippen molar-refractivity contribution in [3.63, 3.8) is 0 Å². The molecule has 0 saturated heterocycles. The van der Waals surface area contributed by atoms with Crippen molar-refractivity contribution in [2.75, 3.05) is 31.7 Å². The SMILES string of the molecule is CN(CCC#N)c1ccc2c(c1)OCCO2. The number of hydrogen-bond donors (Lipinski definition) is 0. The van der Waals surface area contributed by atoms with Crippen LogP contribution >= 0.6 is 0 Å². The summed E-state index contributed by atoms with van der Waals surface area (Å²) >= 11 is 0. The average Bonchev–Trinajstić information content (AvgIpc) is 2.35. The van der Waals surface area contributed by atoms with E-state index < -0.39 is 0 Å². The number of rotatable bonds is 3. The minimum atomic E-state index is 0.519. The molecule has 0 atom stereocenters. The van der Waals surface area contributed by atoms with Crippen LogP contribution in [-0.2, 0) is 0 Å². The van der Waals surface area contributed by atoms with Crippen LogP contribution in [0, 0.1) is 11.3 Å². The number of fused-ring (bicyclic) bond motifs is 1. The van der Waals surface area contributed by atoms with Crippen LogP contribution in [-0.4, -0.2) is 26.8 Å². The molecule has 0 fully saturated rings. The molecule has 0 radical (unpaired) electrons. The van der Waals surface area contributed by atoms with Crippen LogP contribution in [0.1, 0.15) is 6.42 Å². The molecule has 1 aromatic rings. The second kappa shape index (κ2) is 4.75. The fourth-order valence-corrected chi connectivity index (χ4v) is 1.62. The number of nitriles is 1. The molecular formula is C12H14N2O2. The van der Waals surface area contributed by atoms with Gasteiger partial charge in [0.2, 0.25) is 0 Å². The van der Waals surface area contributed by atoms with Gasteiger partial charge in [0.05, 0.1) is 12.5 Å². The molecule has 4 nitrogen and oxygen atoms in total. The molecule has 0 aromatic heterocycles. The molecule has 0 saturated carbocycles. The molecular weight excluding hydrogens is 204 g/mol. The summed E-state index contributed by atoms with van der Waals surface area (Å²) in [6.07, 6.45) is 0.519. The van der Waals surface area contributed by atoms with E-state index in [-0.39, 0.29) is 0 Å². The van der Waals surface area contributed by atoms with Crippen LogP contribution in [0.2, 0.25) is 0 Å². The summed E-state index contributed by atoms with van der Waals surface area (Å²) in [5.41, 5.74) is 1.04.